The van der Waals surface area contributed by atoms with Crippen LogP contribution in [0, 0.1) is 19.8 Å². The van der Waals surface area contributed by atoms with Crippen LogP contribution in [-0.4, -0.2) is 35.8 Å². The van der Waals surface area contributed by atoms with E-state index in [2.05, 4.69) is 77.9 Å². The number of rotatable bonds is 9. The quantitative estimate of drug-likeness (QED) is 0.540. The van der Waals surface area contributed by atoms with Crippen molar-refractivity contribution in [3.63, 3.8) is 0 Å². The highest BCUT2D eigenvalue weighted by Gasteiger charge is 2.23. The summed E-state index contributed by atoms with van der Waals surface area (Å²) in [6.45, 7) is 18.1. The molecule has 2 atom stereocenters. The lowest BCUT2D eigenvalue weighted by Crippen LogP contribution is -2.32. The lowest BCUT2D eigenvalue weighted by Gasteiger charge is -2.31. The van der Waals surface area contributed by atoms with Crippen molar-refractivity contribution in [3.05, 3.63) is 58.7 Å². The van der Waals surface area contributed by atoms with E-state index in [1.165, 1.54) is 22.3 Å². The molecule has 2 unspecified atom stereocenters. The predicted octanol–water partition coefficient (Wildman–Crippen LogP) is 5.42. The molecule has 4 heteroatoms. The van der Waals surface area contributed by atoms with Crippen molar-refractivity contribution in [2.45, 2.75) is 73.8 Å². The summed E-state index contributed by atoms with van der Waals surface area (Å²) in [5.41, 5.74) is 7.25. The Balaban J connectivity index is 2.48. The number of nitrogens with zero attached hydrogens (tertiary/aromatic N) is 2. The van der Waals surface area contributed by atoms with Crippen LogP contribution < -0.4 is 9.80 Å². The van der Waals surface area contributed by atoms with Gasteiger partial charge in [-0.25, -0.2) is 0 Å². The molecule has 0 heterocycles. The molecule has 0 fully saturated rings. The van der Waals surface area contributed by atoms with E-state index in [0.717, 1.165) is 24.5 Å². The van der Waals surface area contributed by atoms with Crippen LogP contribution in [-0.2, 0) is 0 Å². The summed E-state index contributed by atoms with van der Waals surface area (Å²) in [6, 6.07) is 13.1. The molecule has 0 aliphatic carbocycles. The van der Waals surface area contributed by atoms with Crippen LogP contribution in [0.4, 0.5) is 11.4 Å². The fourth-order valence-corrected chi connectivity index (χ4v) is 4.59. The Kier molecular flexibility index (Phi) is 8.34. The number of hydrogen-bond acceptors (Lipinski definition) is 4. The first kappa shape index (κ1) is 24.2. The Labute approximate surface area is 183 Å². The van der Waals surface area contributed by atoms with E-state index in [1.807, 2.05) is 9.80 Å². The van der Waals surface area contributed by atoms with Crippen LogP contribution in [0.2, 0.25) is 0 Å². The molecular weight excluding hydrogens is 372 g/mol. The second-order valence-electron chi connectivity index (χ2n) is 8.64. The Bertz CT molecular complexity index is 764. The van der Waals surface area contributed by atoms with Crippen molar-refractivity contribution in [2.24, 2.45) is 5.92 Å². The number of aliphatic hydroxyl groups is 2. The van der Waals surface area contributed by atoms with E-state index in [0.29, 0.717) is 5.92 Å². The maximum atomic E-state index is 10.1. The molecule has 0 aliphatic heterocycles. The monoisotopic (exact) mass is 412 g/mol. The van der Waals surface area contributed by atoms with Crippen LogP contribution in [0.5, 0.6) is 0 Å². The maximum absolute atomic E-state index is 10.1. The van der Waals surface area contributed by atoms with E-state index in [4.69, 9.17) is 0 Å². The largest absolute Gasteiger partial charge is 0.374 e. The molecular formula is C26H40N2O2. The van der Waals surface area contributed by atoms with Gasteiger partial charge in [-0.2, -0.15) is 0 Å². The highest BCUT2D eigenvalue weighted by atomic mass is 16.3. The van der Waals surface area contributed by atoms with Gasteiger partial charge < -0.3 is 20.0 Å². The van der Waals surface area contributed by atoms with Gasteiger partial charge in [0.2, 0.25) is 0 Å². The second kappa shape index (κ2) is 10.3. The third kappa shape index (κ3) is 5.16. The molecule has 166 valence electrons. The Morgan fingerprint density at radius 2 is 1.07 bits per heavy atom. The summed E-state index contributed by atoms with van der Waals surface area (Å²) in [7, 11) is 0. The summed E-state index contributed by atoms with van der Waals surface area (Å²) in [6.07, 6.45) is -1.02. The minimum absolute atomic E-state index is 0.288. The highest BCUT2D eigenvalue weighted by molar-refractivity contribution is 5.56. The van der Waals surface area contributed by atoms with Crippen LogP contribution in [0.3, 0.4) is 0 Å². The Morgan fingerprint density at radius 1 is 0.700 bits per heavy atom. The second-order valence-corrected chi connectivity index (χ2v) is 8.64. The SMILES string of the molecule is CCN(c1ccc(C(c2ccc(N(CC)C(C)O)cc2C)C(C)C)c(C)c1)C(C)O. The topological polar surface area (TPSA) is 46.9 Å². The average Bonchev–Trinajstić information content (AvgIpc) is 2.65. The number of hydrogen-bond donors (Lipinski definition) is 2. The molecule has 0 bridgehead atoms. The molecule has 30 heavy (non-hydrogen) atoms. The summed E-state index contributed by atoms with van der Waals surface area (Å²) in [5, 5.41) is 20.1. The first-order valence-electron chi connectivity index (χ1n) is 11.2. The number of aliphatic hydroxyl groups excluding tert-OH is 2. The van der Waals surface area contributed by atoms with Gasteiger partial charge in [-0.05, 0) is 94.0 Å². The zero-order valence-corrected chi connectivity index (χ0v) is 20.0. The smallest absolute Gasteiger partial charge is 0.124 e. The van der Waals surface area contributed by atoms with Gasteiger partial charge in [0.15, 0.2) is 0 Å². The minimum atomic E-state index is -0.508. The fraction of sp³-hybridized carbons (Fsp3) is 0.538. The molecule has 0 amide bonds. The fourth-order valence-electron chi connectivity index (χ4n) is 4.59. The zero-order chi connectivity index (χ0) is 22.6. The van der Waals surface area contributed by atoms with Gasteiger partial charge >= 0.3 is 0 Å². The molecule has 2 rings (SSSR count). The van der Waals surface area contributed by atoms with Crippen molar-refractivity contribution >= 4 is 11.4 Å². The molecule has 0 radical (unpaired) electrons. The molecule has 0 spiro atoms. The van der Waals surface area contributed by atoms with Crippen LogP contribution in [0.25, 0.3) is 0 Å². The highest BCUT2D eigenvalue weighted by Crippen LogP contribution is 2.38. The maximum Gasteiger partial charge on any atom is 0.124 e. The van der Waals surface area contributed by atoms with Crippen LogP contribution >= 0.6 is 0 Å². The van der Waals surface area contributed by atoms with E-state index in [1.54, 1.807) is 13.8 Å². The minimum Gasteiger partial charge on any atom is -0.374 e. The normalized spacial score (nSPS) is 14.5. The molecule has 0 saturated heterocycles. The van der Waals surface area contributed by atoms with E-state index >= 15 is 0 Å². The van der Waals surface area contributed by atoms with Gasteiger partial charge in [0.05, 0.1) is 0 Å². The standard InChI is InChI=1S/C26H40N2O2/c1-9-27(20(7)29)22-11-13-24(18(5)15-22)26(17(3)4)25-14-12-23(16-19(25)6)28(10-2)21(8)30/h11-17,20-21,26,29-30H,9-10H2,1-8H3. The summed E-state index contributed by atoms with van der Waals surface area (Å²) >= 11 is 0. The Morgan fingerprint density at radius 3 is 1.30 bits per heavy atom. The number of aryl methyl sites for hydroxylation is 2. The van der Waals surface area contributed by atoms with Crippen LogP contribution in [0.15, 0.2) is 36.4 Å². The summed E-state index contributed by atoms with van der Waals surface area (Å²) < 4.78 is 0. The average molecular weight is 413 g/mol. The van der Waals surface area contributed by atoms with Crippen molar-refractivity contribution in [1.29, 1.82) is 0 Å². The molecule has 2 aromatic carbocycles. The molecule has 0 aliphatic rings. The van der Waals surface area contributed by atoms with Gasteiger partial charge in [-0.15, -0.1) is 0 Å². The summed E-state index contributed by atoms with van der Waals surface area (Å²) in [5.74, 6) is 0.730. The third-order valence-electron chi connectivity index (χ3n) is 6.09. The summed E-state index contributed by atoms with van der Waals surface area (Å²) in [4.78, 5) is 3.99. The first-order chi connectivity index (χ1) is 14.1. The number of anilines is 2. The lowest BCUT2D eigenvalue weighted by atomic mass is 9.79. The van der Waals surface area contributed by atoms with Gasteiger partial charge in [-0.3, -0.25) is 0 Å². The molecule has 2 N–H and O–H groups in total. The third-order valence-corrected chi connectivity index (χ3v) is 6.09. The van der Waals surface area contributed by atoms with Crippen molar-refractivity contribution < 1.29 is 10.2 Å². The predicted molar refractivity (Wildman–Crippen MR) is 128 cm³/mol. The molecule has 0 aromatic heterocycles. The van der Waals surface area contributed by atoms with Gasteiger partial charge in [0.25, 0.3) is 0 Å². The molecule has 2 aromatic rings. The van der Waals surface area contributed by atoms with Crippen molar-refractivity contribution in [1.82, 2.24) is 0 Å². The molecule has 0 saturated carbocycles. The van der Waals surface area contributed by atoms with Crippen molar-refractivity contribution in [3.8, 4) is 0 Å². The number of benzene rings is 2. The van der Waals surface area contributed by atoms with Crippen molar-refractivity contribution in [2.75, 3.05) is 22.9 Å². The zero-order valence-electron chi connectivity index (χ0n) is 20.0. The molecule has 4 nitrogen and oxygen atoms in total. The van der Waals surface area contributed by atoms with E-state index < -0.39 is 12.5 Å². The van der Waals surface area contributed by atoms with Gasteiger partial charge in [-0.1, -0.05) is 26.0 Å². The van der Waals surface area contributed by atoms with E-state index in [-0.39, 0.29) is 5.92 Å². The lowest BCUT2D eigenvalue weighted by molar-refractivity contribution is 0.189. The van der Waals surface area contributed by atoms with E-state index in [9.17, 15) is 10.2 Å². The Hall–Kier alpha value is -2.04. The first-order valence-corrected chi connectivity index (χ1v) is 11.2. The van der Waals surface area contributed by atoms with Gasteiger partial charge in [0, 0.05) is 30.4 Å². The van der Waals surface area contributed by atoms with Crippen LogP contribution in [0.1, 0.15) is 69.7 Å². The van der Waals surface area contributed by atoms with Gasteiger partial charge in [0.1, 0.15) is 12.5 Å².